The zero-order valence-corrected chi connectivity index (χ0v) is 11.1. The largest absolute Gasteiger partial charge is 0.461 e. The summed E-state index contributed by atoms with van der Waals surface area (Å²) >= 11 is 0. The van der Waals surface area contributed by atoms with Crippen LogP contribution in [0.3, 0.4) is 0 Å². The third-order valence-electron chi connectivity index (χ3n) is 3.16. The summed E-state index contributed by atoms with van der Waals surface area (Å²) in [6, 6.07) is 3.93. The van der Waals surface area contributed by atoms with Gasteiger partial charge >= 0.3 is 0 Å². The normalized spacial score (nSPS) is 12.9. The van der Waals surface area contributed by atoms with Crippen LogP contribution in [0.1, 0.15) is 50.6 Å². The number of carbonyl (C=O) groups excluding carboxylic acids is 1. The van der Waals surface area contributed by atoms with Gasteiger partial charge in [-0.3, -0.25) is 9.69 Å². The molecule has 0 N–H and O–H groups in total. The summed E-state index contributed by atoms with van der Waals surface area (Å²) in [5.41, 5.74) is 0. The fraction of sp³-hybridized carbons (Fsp3) is 0.643. The maximum Gasteiger partial charge on any atom is 0.211 e. The standard InChI is InChI=1S/C14H23NO2/c1-4-6-9-15(12(3)5-2)11-13(16)14-8-7-10-17-14/h7-8,10,12H,4-6,9,11H2,1-3H3. The lowest BCUT2D eigenvalue weighted by Gasteiger charge is -2.27. The van der Waals surface area contributed by atoms with Gasteiger partial charge in [-0.1, -0.05) is 20.3 Å². The van der Waals surface area contributed by atoms with Crippen molar-refractivity contribution in [3.63, 3.8) is 0 Å². The Hall–Kier alpha value is -1.09. The first-order chi connectivity index (χ1) is 8.19. The second kappa shape index (κ2) is 7.28. The highest BCUT2D eigenvalue weighted by molar-refractivity contribution is 5.95. The Morgan fingerprint density at radius 3 is 2.76 bits per heavy atom. The molecule has 0 aromatic carbocycles. The molecule has 17 heavy (non-hydrogen) atoms. The molecule has 1 unspecified atom stereocenters. The Balaban J connectivity index is 2.56. The lowest BCUT2D eigenvalue weighted by Crippen LogP contribution is -2.37. The number of ketones is 1. The smallest absolute Gasteiger partial charge is 0.211 e. The highest BCUT2D eigenvalue weighted by atomic mass is 16.3. The summed E-state index contributed by atoms with van der Waals surface area (Å²) in [4.78, 5) is 14.2. The highest BCUT2D eigenvalue weighted by Gasteiger charge is 2.17. The molecule has 0 radical (unpaired) electrons. The van der Waals surface area contributed by atoms with Crippen molar-refractivity contribution in [2.45, 2.75) is 46.1 Å². The predicted molar refractivity (Wildman–Crippen MR) is 69.3 cm³/mol. The van der Waals surface area contributed by atoms with E-state index in [-0.39, 0.29) is 5.78 Å². The number of hydrogen-bond acceptors (Lipinski definition) is 3. The van der Waals surface area contributed by atoms with Crippen LogP contribution in [0.15, 0.2) is 22.8 Å². The van der Waals surface area contributed by atoms with Crippen molar-refractivity contribution in [1.29, 1.82) is 0 Å². The molecule has 0 saturated carbocycles. The molecule has 0 aliphatic heterocycles. The third kappa shape index (κ3) is 4.35. The maximum absolute atomic E-state index is 12.0. The molecule has 0 bridgehead atoms. The van der Waals surface area contributed by atoms with E-state index in [2.05, 4.69) is 25.7 Å². The third-order valence-corrected chi connectivity index (χ3v) is 3.16. The van der Waals surface area contributed by atoms with Crippen molar-refractivity contribution < 1.29 is 9.21 Å². The van der Waals surface area contributed by atoms with Gasteiger partial charge in [-0.2, -0.15) is 0 Å². The summed E-state index contributed by atoms with van der Waals surface area (Å²) in [5, 5.41) is 0. The molecule has 3 nitrogen and oxygen atoms in total. The molecule has 1 heterocycles. The molecule has 0 saturated heterocycles. The average Bonchev–Trinajstić information content (AvgIpc) is 2.87. The Morgan fingerprint density at radius 1 is 1.47 bits per heavy atom. The molecule has 0 amide bonds. The van der Waals surface area contributed by atoms with E-state index in [0.29, 0.717) is 18.3 Å². The number of Topliss-reactive ketones (excluding diaryl/α,β-unsaturated/α-hetero) is 1. The van der Waals surface area contributed by atoms with Gasteiger partial charge in [0.2, 0.25) is 5.78 Å². The van der Waals surface area contributed by atoms with Crippen LogP contribution >= 0.6 is 0 Å². The van der Waals surface area contributed by atoms with Crippen molar-refractivity contribution in [3.05, 3.63) is 24.2 Å². The van der Waals surface area contributed by atoms with Gasteiger partial charge in [0.25, 0.3) is 0 Å². The number of hydrogen-bond donors (Lipinski definition) is 0. The Bertz CT molecular complexity index is 319. The second-order valence-electron chi connectivity index (χ2n) is 4.48. The summed E-state index contributed by atoms with van der Waals surface area (Å²) in [6.07, 6.45) is 4.90. The molecule has 1 rings (SSSR count). The van der Waals surface area contributed by atoms with Crippen molar-refractivity contribution in [1.82, 2.24) is 4.90 Å². The van der Waals surface area contributed by atoms with E-state index in [0.717, 1.165) is 25.8 Å². The predicted octanol–water partition coefficient (Wildman–Crippen LogP) is 3.36. The fourth-order valence-electron chi connectivity index (χ4n) is 1.77. The van der Waals surface area contributed by atoms with Crippen LogP contribution in [0.2, 0.25) is 0 Å². The van der Waals surface area contributed by atoms with Gasteiger partial charge in [0.05, 0.1) is 12.8 Å². The van der Waals surface area contributed by atoms with Crippen LogP contribution < -0.4 is 0 Å². The first kappa shape index (κ1) is 14.0. The first-order valence-electron chi connectivity index (χ1n) is 6.49. The van der Waals surface area contributed by atoms with E-state index in [9.17, 15) is 4.79 Å². The molecular weight excluding hydrogens is 214 g/mol. The fourth-order valence-corrected chi connectivity index (χ4v) is 1.77. The molecule has 1 aromatic heterocycles. The molecule has 0 fully saturated rings. The van der Waals surface area contributed by atoms with E-state index in [4.69, 9.17) is 4.42 Å². The molecule has 0 aliphatic carbocycles. The molecule has 0 aliphatic rings. The van der Waals surface area contributed by atoms with Crippen LogP contribution in [-0.4, -0.2) is 29.8 Å². The van der Waals surface area contributed by atoms with Gasteiger partial charge in [-0.15, -0.1) is 0 Å². The topological polar surface area (TPSA) is 33.5 Å². The highest BCUT2D eigenvalue weighted by Crippen LogP contribution is 2.09. The van der Waals surface area contributed by atoms with E-state index in [1.807, 2.05) is 0 Å². The van der Waals surface area contributed by atoms with E-state index in [1.54, 1.807) is 18.4 Å². The van der Waals surface area contributed by atoms with E-state index in [1.165, 1.54) is 0 Å². The minimum Gasteiger partial charge on any atom is -0.461 e. The van der Waals surface area contributed by atoms with Gasteiger partial charge in [-0.25, -0.2) is 0 Å². The zero-order valence-electron chi connectivity index (χ0n) is 11.1. The van der Waals surface area contributed by atoms with Gasteiger partial charge in [-0.05, 0) is 38.4 Å². The Labute approximate surface area is 104 Å². The Kier molecular flexibility index (Phi) is 5.98. The molecule has 1 aromatic rings. The first-order valence-corrected chi connectivity index (χ1v) is 6.49. The SMILES string of the molecule is CCCCN(CC(=O)c1ccco1)C(C)CC. The molecule has 3 heteroatoms. The van der Waals surface area contributed by atoms with Crippen molar-refractivity contribution in [2.75, 3.05) is 13.1 Å². The number of nitrogens with zero attached hydrogens (tertiary/aromatic N) is 1. The number of furan rings is 1. The van der Waals surface area contributed by atoms with Crippen LogP contribution in [-0.2, 0) is 0 Å². The number of carbonyl (C=O) groups is 1. The van der Waals surface area contributed by atoms with Crippen LogP contribution in [0.4, 0.5) is 0 Å². The van der Waals surface area contributed by atoms with Gasteiger partial charge in [0, 0.05) is 6.04 Å². The van der Waals surface area contributed by atoms with Gasteiger partial charge < -0.3 is 4.42 Å². The minimum atomic E-state index is 0.0754. The summed E-state index contributed by atoms with van der Waals surface area (Å²) in [7, 11) is 0. The van der Waals surface area contributed by atoms with Crippen LogP contribution in [0, 0.1) is 0 Å². The monoisotopic (exact) mass is 237 g/mol. The molecule has 0 spiro atoms. The van der Waals surface area contributed by atoms with E-state index < -0.39 is 0 Å². The number of rotatable bonds is 8. The quantitative estimate of drug-likeness (QED) is 0.650. The van der Waals surface area contributed by atoms with Crippen molar-refractivity contribution >= 4 is 5.78 Å². The second-order valence-corrected chi connectivity index (χ2v) is 4.48. The molecule has 96 valence electrons. The van der Waals surface area contributed by atoms with E-state index >= 15 is 0 Å². The lowest BCUT2D eigenvalue weighted by atomic mass is 10.1. The molecular formula is C14H23NO2. The van der Waals surface area contributed by atoms with Crippen LogP contribution in [0.5, 0.6) is 0 Å². The summed E-state index contributed by atoms with van der Waals surface area (Å²) in [5.74, 6) is 0.543. The zero-order chi connectivity index (χ0) is 12.7. The summed E-state index contributed by atoms with van der Waals surface area (Å²) < 4.78 is 5.14. The van der Waals surface area contributed by atoms with Gasteiger partial charge in [0.15, 0.2) is 5.76 Å². The minimum absolute atomic E-state index is 0.0754. The van der Waals surface area contributed by atoms with Crippen molar-refractivity contribution in [3.8, 4) is 0 Å². The van der Waals surface area contributed by atoms with Crippen molar-refractivity contribution in [2.24, 2.45) is 0 Å². The maximum atomic E-state index is 12.0. The average molecular weight is 237 g/mol. The number of unbranched alkanes of at least 4 members (excludes halogenated alkanes) is 1. The molecule has 1 atom stereocenters. The van der Waals surface area contributed by atoms with Crippen LogP contribution in [0.25, 0.3) is 0 Å². The Morgan fingerprint density at radius 2 is 2.24 bits per heavy atom. The lowest BCUT2D eigenvalue weighted by molar-refractivity contribution is 0.0867. The van der Waals surface area contributed by atoms with Gasteiger partial charge in [0.1, 0.15) is 0 Å². The summed E-state index contributed by atoms with van der Waals surface area (Å²) in [6.45, 7) is 7.94.